The SMILES string of the molecule is C#C[C@H](c1ccc(Cl)cc1)[C@@]1(P(=O)(OCC)OCC)CCCC1=O. The third kappa shape index (κ3) is 3.19. The van der Waals surface area contributed by atoms with Crippen LogP contribution in [0.2, 0.25) is 5.02 Å². The van der Waals surface area contributed by atoms with Gasteiger partial charge in [0.05, 0.1) is 19.1 Å². The van der Waals surface area contributed by atoms with E-state index >= 15 is 0 Å². The van der Waals surface area contributed by atoms with Gasteiger partial charge in [-0.3, -0.25) is 9.36 Å². The minimum Gasteiger partial charge on any atom is -0.308 e. The molecule has 1 aliphatic carbocycles. The molecule has 0 aliphatic heterocycles. The second-order valence-electron chi connectivity index (χ2n) is 5.69. The van der Waals surface area contributed by atoms with Gasteiger partial charge in [-0.1, -0.05) is 29.7 Å². The highest BCUT2D eigenvalue weighted by Gasteiger charge is 2.62. The highest BCUT2D eigenvalue weighted by Crippen LogP contribution is 2.69. The molecular formula is C18H22ClO4P. The van der Waals surface area contributed by atoms with Crippen LogP contribution in [-0.4, -0.2) is 24.2 Å². The van der Waals surface area contributed by atoms with Crippen molar-refractivity contribution in [1.82, 2.24) is 0 Å². The van der Waals surface area contributed by atoms with Crippen LogP contribution in [0.1, 0.15) is 44.6 Å². The molecule has 0 spiro atoms. The van der Waals surface area contributed by atoms with Crippen molar-refractivity contribution in [3.63, 3.8) is 0 Å². The lowest BCUT2D eigenvalue weighted by atomic mass is 9.84. The lowest BCUT2D eigenvalue weighted by molar-refractivity contribution is -0.120. The van der Waals surface area contributed by atoms with Crippen LogP contribution in [0.3, 0.4) is 0 Å². The first-order valence-corrected chi connectivity index (χ1v) is 10.0. The van der Waals surface area contributed by atoms with Gasteiger partial charge in [-0.15, -0.1) is 6.42 Å². The number of hydrogen-bond acceptors (Lipinski definition) is 4. The summed E-state index contributed by atoms with van der Waals surface area (Å²) < 4.78 is 24.7. The van der Waals surface area contributed by atoms with Crippen molar-refractivity contribution in [2.75, 3.05) is 13.2 Å². The number of benzene rings is 1. The summed E-state index contributed by atoms with van der Waals surface area (Å²) in [6.07, 6.45) is 7.13. The number of ketones is 1. The molecule has 4 nitrogen and oxygen atoms in total. The molecule has 2 atom stereocenters. The zero-order valence-electron chi connectivity index (χ0n) is 14.0. The summed E-state index contributed by atoms with van der Waals surface area (Å²) in [5.41, 5.74) is 0.719. The van der Waals surface area contributed by atoms with Crippen LogP contribution in [0.5, 0.6) is 0 Å². The van der Waals surface area contributed by atoms with E-state index in [1.54, 1.807) is 38.1 Å². The van der Waals surface area contributed by atoms with Crippen LogP contribution in [0.15, 0.2) is 24.3 Å². The normalized spacial score (nSPS) is 22.3. The Bertz CT molecular complexity index is 669. The van der Waals surface area contributed by atoms with Crippen LogP contribution < -0.4 is 0 Å². The van der Waals surface area contributed by atoms with Gasteiger partial charge in [0.1, 0.15) is 5.16 Å². The molecule has 1 aromatic rings. The average molecular weight is 369 g/mol. The number of terminal acetylenes is 1. The molecule has 0 amide bonds. The minimum absolute atomic E-state index is 0.148. The third-order valence-corrected chi connectivity index (χ3v) is 7.54. The Morgan fingerprint density at radius 3 is 2.29 bits per heavy atom. The fourth-order valence-corrected chi connectivity index (χ4v) is 6.13. The quantitative estimate of drug-likeness (QED) is 0.511. The minimum atomic E-state index is -3.73. The predicted octanol–water partition coefficient (Wildman–Crippen LogP) is 4.81. The molecule has 1 saturated carbocycles. The predicted molar refractivity (Wildman–Crippen MR) is 95.5 cm³/mol. The largest absolute Gasteiger partial charge is 0.345 e. The standard InChI is InChI=1S/C18H22ClO4P/c1-4-16(14-9-11-15(19)12-10-14)18(13-7-8-17(18)20)24(21,22-5-2)23-6-3/h1,9-12,16H,5-8,13H2,2-3H3/t16-,18+/m1/s1. The smallest absolute Gasteiger partial charge is 0.308 e. The Balaban J connectivity index is 2.62. The van der Waals surface area contributed by atoms with Crippen LogP contribution in [0.4, 0.5) is 0 Å². The summed E-state index contributed by atoms with van der Waals surface area (Å²) in [5.74, 6) is 1.84. The average Bonchev–Trinajstić information content (AvgIpc) is 2.93. The molecule has 1 aromatic carbocycles. The van der Waals surface area contributed by atoms with Gasteiger partial charge in [-0.05, 0) is 44.4 Å². The Morgan fingerprint density at radius 1 is 1.29 bits per heavy atom. The van der Waals surface area contributed by atoms with Crippen LogP contribution in [-0.2, 0) is 18.4 Å². The monoisotopic (exact) mass is 368 g/mol. The van der Waals surface area contributed by atoms with Crippen LogP contribution in [0.25, 0.3) is 0 Å². The van der Waals surface area contributed by atoms with Crippen molar-refractivity contribution < 1.29 is 18.4 Å². The van der Waals surface area contributed by atoms with Gasteiger partial charge in [0.2, 0.25) is 0 Å². The number of carbonyl (C=O) groups excluding carboxylic acids is 1. The highest BCUT2D eigenvalue weighted by molar-refractivity contribution is 7.57. The first-order valence-electron chi connectivity index (χ1n) is 8.09. The zero-order valence-corrected chi connectivity index (χ0v) is 15.6. The van der Waals surface area contributed by atoms with Gasteiger partial charge >= 0.3 is 7.60 Å². The molecule has 1 fully saturated rings. The lowest BCUT2D eigenvalue weighted by Gasteiger charge is -2.38. The maximum Gasteiger partial charge on any atom is 0.345 e. The number of halogens is 1. The van der Waals surface area contributed by atoms with Crippen molar-refractivity contribution in [2.45, 2.75) is 44.2 Å². The Hall–Kier alpha value is -1.11. The van der Waals surface area contributed by atoms with E-state index in [0.717, 1.165) is 5.56 Å². The Morgan fingerprint density at radius 2 is 1.88 bits per heavy atom. The van der Waals surface area contributed by atoms with E-state index in [-0.39, 0.29) is 19.0 Å². The topological polar surface area (TPSA) is 52.6 Å². The second kappa shape index (κ2) is 7.85. The van der Waals surface area contributed by atoms with Gasteiger partial charge in [0.25, 0.3) is 0 Å². The van der Waals surface area contributed by atoms with E-state index in [2.05, 4.69) is 5.92 Å². The number of hydrogen-bond donors (Lipinski definition) is 0. The van der Waals surface area contributed by atoms with Gasteiger partial charge in [-0.25, -0.2) is 0 Å². The summed E-state index contributed by atoms with van der Waals surface area (Å²) in [4.78, 5) is 12.9. The molecule has 0 aromatic heterocycles. The summed E-state index contributed by atoms with van der Waals surface area (Å²) in [7, 11) is -3.73. The van der Waals surface area contributed by atoms with E-state index in [9.17, 15) is 9.36 Å². The molecule has 0 bridgehead atoms. The van der Waals surface area contributed by atoms with Crippen molar-refractivity contribution in [1.29, 1.82) is 0 Å². The number of rotatable bonds is 7. The molecule has 0 N–H and O–H groups in total. The molecule has 0 saturated heterocycles. The molecule has 130 valence electrons. The van der Waals surface area contributed by atoms with Crippen molar-refractivity contribution in [3.05, 3.63) is 34.9 Å². The van der Waals surface area contributed by atoms with Gasteiger partial charge in [-0.2, -0.15) is 0 Å². The molecule has 0 radical (unpaired) electrons. The third-order valence-electron chi connectivity index (χ3n) is 4.38. The highest BCUT2D eigenvalue weighted by atomic mass is 35.5. The summed E-state index contributed by atoms with van der Waals surface area (Å²) in [6, 6.07) is 6.95. The van der Waals surface area contributed by atoms with E-state index in [0.29, 0.717) is 24.3 Å². The molecule has 6 heteroatoms. The fraction of sp³-hybridized carbons (Fsp3) is 0.500. The molecule has 24 heavy (non-hydrogen) atoms. The lowest BCUT2D eigenvalue weighted by Crippen LogP contribution is -2.41. The van der Waals surface area contributed by atoms with Crippen molar-refractivity contribution in [2.24, 2.45) is 0 Å². The summed E-state index contributed by atoms with van der Waals surface area (Å²) >= 11 is 5.95. The summed E-state index contributed by atoms with van der Waals surface area (Å²) in [5, 5.41) is -0.763. The molecule has 1 aliphatic rings. The van der Waals surface area contributed by atoms with Gasteiger partial charge in [0.15, 0.2) is 5.78 Å². The Kier molecular flexibility index (Phi) is 6.28. The first kappa shape index (κ1) is 19.2. The molecule has 0 heterocycles. The second-order valence-corrected chi connectivity index (χ2v) is 8.43. The van der Waals surface area contributed by atoms with Crippen molar-refractivity contribution >= 4 is 25.0 Å². The van der Waals surface area contributed by atoms with Gasteiger partial charge < -0.3 is 9.05 Å². The molecule has 0 unspecified atom stereocenters. The molecular weight excluding hydrogens is 347 g/mol. The first-order chi connectivity index (χ1) is 11.4. The Labute approximate surface area is 148 Å². The maximum atomic E-state index is 13.6. The number of Topliss-reactive ketones (excluding diaryl/α,β-unsaturated/α-hetero) is 1. The van der Waals surface area contributed by atoms with E-state index in [1.165, 1.54) is 0 Å². The van der Waals surface area contributed by atoms with E-state index < -0.39 is 18.7 Å². The van der Waals surface area contributed by atoms with E-state index in [1.807, 2.05) is 0 Å². The van der Waals surface area contributed by atoms with Crippen LogP contribution >= 0.6 is 19.2 Å². The fourth-order valence-electron chi connectivity index (χ4n) is 3.40. The summed E-state index contributed by atoms with van der Waals surface area (Å²) in [6.45, 7) is 3.83. The van der Waals surface area contributed by atoms with Gasteiger partial charge in [0, 0.05) is 11.4 Å². The zero-order chi connectivity index (χ0) is 17.8. The maximum absolute atomic E-state index is 13.6. The number of carbonyl (C=O) groups is 1. The van der Waals surface area contributed by atoms with E-state index in [4.69, 9.17) is 27.1 Å². The van der Waals surface area contributed by atoms with Crippen LogP contribution in [0, 0.1) is 12.3 Å². The molecule has 2 rings (SSSR count). The van der Waals surface area contributed by atoms with Crippen molar-refractivity contribution in [3.8, 4) is 12.3 Å².